The lowest BCUT2D eigenvalue weighted by atomic mass is 9.97. The van der Waals surface area contributed by atoms with Crippen molar-refractivity contribution in [2.75, 3.05) is 32.7 Å². The Bertz CT molecular complexity index is 1430. The maximum atomic E-state index is 14.8. The lowest BCUT2D eigenvalue weighted by molar-refractivity contribution is -0.142. The number of hydrogen-bond acceptors (Lipinski definition) is 5. The van der Waals surface area contributed by atoms with E-state index in [-0.39, 0.29) is 68.7 Å². The normalized spacial score (nSPS) is 26.9. The van der Waals surface area contributed by atoms with E-state index in [0.717, 1.165) is 0 Å². The van der Waals surface area contributed by atoms with Crippen LogP contribution in [0, 0.1) is 34.9 Å². The van der Waals surface area contributed by atoms with Crippen LogP contribution >= 0.6 is 10.2 Å². The lowest BCUT2D eigenvalue weighted by Crippen LogP contribution is -2.57. The highest BCUT2D eigenvalue weighted by atomic mass is 32.5. The summed E-state index contributed by atoms with van der Waals surface area (Å²) in [7, 11) is -13.9. The second-order valence-electron chi connectivity index (χ2n) is 11.5. The molecule has 234 valence electrons. The molecule has 0 radical (unpaired) electrons. The van der Waals surface area contributed by atoms with Crippen LogP contribution < -0.4 is 5.32 Å². The fourth-order valence-electron chi connectivity index (χ4n) is 5.89. The monoisotopic (exact) mass is 643 g/mol. The van der Waals surface area contributed by atoms with E-state index in [1.807, 2.05) is 6.07 Å². The molecule has 0 spiro atoms. The van der Waals surface area contributed by atoms with Crippen molar-refractivity contribution in [3.8, 4) is 6.07 Å². The molecule has 4 fully saturated rings. The smallest absolute Gasteiger partial charge is 0.310 e. The second kappa shape index (κ2) is 10.00. The maximum absolute atomic E-state index is 14.8. The number of nitrogens with one attached hydrogen (secondary N) is 1. The first kappa shape index (κ1) is 30.9. The number of nitriles is 1. The Hall–Kier alpha value is -2.55. The highest BCUT2D eigenvalue weighted by Gasteiger charge is 2.65. The average Bonchev–Trinajstić information content (AvgIpc) is 3.60. The number of nitrogens with zero attached hydrogens (tertiary/aromatic N) is 4. The molecule has 1 aromatic carbocycles. The number of likely N-dealkylation sites (tertiary alicyclic amines) is 1. The molecule has 1 aliphatic carbocycles. The van der Waals surface area contributed by atoms with Crippen LogP contribution in [-0.2, 0) is 19.8 Å². The zero-order chi connectivity index (χ0) is 30.7. The number of rotatable bonds is 8. The first-order valence-electron chi connectivity index (χ1n) is 13.7. The number of carbonyl (C=O) groups is 2. The number of benzene rings is 1. The number of amides is 2. The summed E-state index contributed by atoms with van der Waals surface area (Å²) >= 11 is 0. The Morgan fingerprint density at radius 1 is 0.976 bits per heavy atom. The minimum Gasteiger partial charge on any atom is -0.347 e. The quantitative estimate of drug-likeness (QED) is 0.421. The standard InChI is InChI=1S/C25H31F6N5O4S2/c26-21-11-19(42(27,28,29,30)31)7-8-20(21)23(17-5-6-17)33-24(37)22-4-2-10-36(22)25(38)18-3-1-9-34(15-18)41(39,40)35-13-16(12-32)14-35/h7-8,11,16-18,22-23H,1-6,9-10,13-15H2,(H,33,37)/t18-,22+,23?/m0/s1. The molecule has 17 heteroatoms. The summed E-state index contributed by atoms with van der Waals surface area (Å²) in [4.78, 5) is 25.9. The Kier molecular flexibility index (Phi) is 7.35. The summed E-state index contributed by atoms with van der Waals surface area (Å²) < 4.78 is 109. The van der Waals surface area contributed by atoms with Gasteiger partial charge in [0.2, 0.25) is 11.8 Å². The van der Waals surface area contributed by atoms with Crippen molar-refractivity contribution >= 4 is 32.2 Å². The first-order valence-corrected chi connectivity index (χ1v) is 17.0. The Labute approximate surface area is 239 Å². The molecular weight excluding hydrogens is 612 g/mol. The molecule has 0 aromatic heterocycles. The molecule has 42 heavy (non-hydrogen) atoms. The number of piperidine rings is 1. The third kappa shape index (κ3) is 6.22. The molecule has 3 heterocycles. The van der Waals surface area contributed by atoms with Crippen LogP contribution in [-0.4, -0.2) is 72.5 Å². The molecule has 9 nitrogen and oxygen atoms in total. The Balaban J connectivity index is 1.27. The number of hydrogen-bond donors (Lipinski definition) is 1. The predicted molar refractivity (Wildman–Crippen MR) is 140 cm³/mol. The molecule has 1 aromatic rings. The van der Waals surface area contributed by atoms with Gasteiger partial charge in [-0.1, -0.05) is 25.5 Å². The fourth-order valence-corrected chi connectivity index (χ4v) is 8.33. The summed E-state index contributed by atoms with van der Waals surface area (Å²) in [5.41, 5.74) is -0.343. The van der Waals surface area contributed by atoms with Crippen molar-refractivity contribution in [1.29, 1.82) is 5.26 Å². The van der Waals surface area contributed by atoms with Crippen LogP contribution in [0.5, 0.6) is 0 Å². The van der Waals surface area contributed by atoms with Crippen LogP contribution in [0.25, 0.3) is 0 Å². The van der Waals surface area contributed by atoms with Gasteiger partial charge in [0.1, 0.15) is 16.8 Å². The van der Waals surface area contributed by atoms with Gasteiger partial charge in [-0.25, -0.2) is 4.39 Å². The van der Waals surface area contributed by atoms with E-state index < -0.39 is 61.0 Å². The number of carbonyl (C=O) groups excluding carboxylic acids is 2. The zero-order valence-electron chi connectivity index (χ0n) is 22.4. The molecular formula is C25H31F6N5O4S2. The van der Waals surface area contributed by atoms with Gasteiger partial charge in [0.15, 0.2) is 0 Å². The molecule has 3 saturated heterocycles. The number of halogens is 6. The van der Waals surface area contributed by atoms with Crippen molar-refractivity contribution in [3.05, 3.63) is 29.6 Å². The molecule has 1 saturated carbocycles. The zero-order valence-corrected chi connectivity index (χ0v) is 24.0. The van der Waals surface area contributed by atoms with Crippen LogP contribution in [0.3, 0.4) is 0 Å². The van der Waals surface area contributed by atoms with E-state index >= 15 is 0 Å². The molecule has 1 N–H and O–H groups in total. The summed E-state index contributed by atoms with van der Waals surface area (Å²) in [6.45, 7) is 0.562. The molecule has 3 aliphatic heterocycles. The average molecular weight is 644 g/mol. The van der Waals surface area contributed by atoms with Crippen molar-refractivity contribution in [2.24, 2.45) is 17.8 Å². The summed E-state index contributed by atoms with van der Waals surface area (Å²) in [6.07, 6.45) is 2.67. The van der Waals surface area contributed by atoms with Crippen LogP contribution in [0.1, 0.15) is 50.1 Å². The van der Waals surface area contributed by atoms with E-state index in [1.54, 1.807) is 0 Å². The van der Waals surface area contributed by atoms with E-state index in [9.17, 15) is 41.8 Å². The lowest BCUT2D eigenvalue weighted by Gasteiger charge is -2.41. The van der Waals surface area contributed by atoms with Crippen LogP contribution in [0.4, 0.5) is 23.8 Å². The topological polar surface area (TPSA) is 114 Å². The van der Waals surface area contributed by atoms with Gasteiger partial charge in [0, 0.05) is 38.3 Å². The maximum Gasteiger partial charge on any atom is 0.310 e. The van der Waals surface area contributed by atoms with Gasteiger partial charge in [-0.3, -0.25) is 9.59 Å². The second-order valence-corrected chi connectivity index (χ2v) is 15.9. The summed E-state index contributed by atoms with van der Waals surface area (Å²) in [6, 6.07) is 0.501. The van der Waals surface area contributed by atoms with E-state index in [0.29, 0.717) is 38.2 Å². The van der Waals surface area contributed by atoms with Crippen molar-refractivity contribution in [1.82, 2.24) is 18.8 Å². The summed E-state index contributed by atoms with van der Waals surface area (Å²) in [5, 5.41) is 11.6. The van der Waals surface area contributed by atoms with Crippen LogP contribution in [0.15, 0.2) is 23.1 Å². The minimum absolute atomic E-state index is 0.0753. The van der Waals surface area contributed by atoms with Crippen LogP contribution in [0.2, 0.25) is 0 Å². The summed E-state index contributed by atoms with van der Waals surface area (Å²) in [5.74, 6) is -3.93. The highest BCUT2D eigenvalue weighted by molar-refractivity contribution is 8.45. The Morgan fingerprint density at radius 3 is 2.24 bits per heavy atom. The van der Waals surface area contributed by atoms with Gasteiger partial charge in [-0.15, -0.1) is 0 Å². The van der Waals surface area contributed by atoms with Gasteiger partial charge in [0.25, 0.3) is 10.2 Å². The van der Waals surface area contributed by atoms with Gasteiger partial charge >= 0.3 is 10.2 Å². The van der Waals surface area contributed by atoms with E-state index in [2.05, 4.69) is 5.32 Å². The largest absolute Gasteiger partial charge is 0.347 e. The SMILES string of the molecule is N#CC1CN(S(=O)(=O)N2CCC[C@H](C(=O)N3CCC[C@@H]3C(=O)NC(c3ccc(S(F)(F)(F)(F)F)cc3F)C3CC3)C2)C1. The van der Waals surface area contributed by atoms with E-state index in [4.69, 9.17) is 5.26 Å². The molecule has 3 atom stereocenters. The van der Waals surface area contributed by atoms with Gasteiger partial charge in [-0.05, 0) is 56.6 Å². The third-order valence-corrected chi connectivity index (χ3v) is 11.5. The minimum atomic E-state index is -10.1. The molecule has 4 aliphatic rings. The Morgan fingerprint density at radius 2 is 1.64 bits per heavy atom. The first-order chi connectivity index (χ1) is 19.4. The van der Waals surface area contributed by atoms with Gasteiger partial charge < -0.3 is 10.2 Å². The van der Waals surface area contributed by atoms with Gasteiger partial charge in [0.05, 0.1) is 23.9 Å². The third-order valence-electron chi connectivity index (χ3n) is 8.40. The molecule has 1 unspecified atom stereocenters. The van der Waals surface area contributed by atoms with Crippen molar-refractivity contribution < 1.29 is 41.8 Å². The van der Waals surface area contributed by atoms with Crippen molar-refractivity contribution in [3.63, 3.8) is 0 Å². The van der Waals surface area contributed by atoms with Crippen molar-refractivity contribution in [2.45, 2.75) is 55.5 Å². The van der Waals surface area contributed by atoms with E-state index in [1.165, 1.54) is 13.5 Å². The predicted octanol–water partition coefficient (Wildman–Crippen LogP) is 4.45. The van der Waals surface area contributed by atoms with Gasteiger partial charge in [-0.2, -0.15) is 22.3 Å². The molecule has 0 bridgehead atoms. The molecule has 5 rings (SSSR count). The molecule has 2 amide bonds. The highest BCUT2D eigenvalue weighted by Crippen LogP contribution is 3.02. The fraction of sp³-hybridized carbons (Fsp3) is 0.640.